The fraction of sp³-hybridized carbons (Fsp3) is 0.474. The summed E-state index contributed by atoms with van der Waals surface area (Å²) in [5, 5.41) is 13.7. The molecule has 0 amide bonds. The summed E-state index contributed by atoms with van der Waals surface area (Å²) in [5.41, 5.74) is 2.61. The van der Waals surface area contributed by atoms with Crippen molar-refractivity contribution < 1.29 is 0 Å². The van der Waals surface area contributed by atoms with Crippen LogP contribution in [0.2, 0.25) is 0 Å². The monoisotopic (exact) mass is 310 g/mol. The van der Waals surface area contributed by atoms with Gasteiger partial charge in [-0.1, -0.05) is 13.8 Å². The molecule has 0 aliphatic heterocycles. The number of anilines is 1. The number of nitrogens with one attached hydrogen (secondary N) is 1. The van der Waals surface area contributed by atoms with E-state index >= 15 is 0 Å². The summed E-state index contributed by atoms with van der Waals surface area (Å²) in [5.74, 6) is 0. The average molecular weight is 310 g/mol. The fourth-order valence-electron chi connectivity index (χ4n) is 2.84. The molecule has 1 aromatic carbocycles. The van der Waals surface area contributed by atoms with Crippen molar-refractivity contribution in [2.75, 3.05) is 25.0 Å². The Morgan fingerprint density at radius 1 is 1.26 bits per heavy atom. The Kier molecular flexibility index (Phi) is 6.37. The molecule has 0 saturated heterocycles. The highest BCUT2D eigenvalue weighted by molar-refractivity contribution is 5.91. The zero-order valence-corrected chi connectivity index (χ0v) is 14.3. The van der Waals surface area contributed by atoms with Gasteiger partial charge in [-0.2, -0.15) is 5.26 Å². The molecular weight excluding hydrogens is 284 g/mol. The third-order valence-corrected chi connectivity index (χ3v) is 4.28. The van der Waals surface area contributed by atoms with Crippen LogP contribution in [0.1, 0.15) is 39.2 Å². The van der Waals surface area contributed by atoms with Crippen LogP contribution in [0.15, 0.2) is 30.5 Å². The highest BCUT2D eigenvalue weighted by Gasteiger charge is 2.07. The van der Waals surface area contributed by atoms with E-state index in [2.05, 4.69) is 42.0 Å². The van der Waals surface area contributed by atoms with Crippen LogP contribution < -0.4 is 5.32 Å². The molecule has 0 fully saturated rings. The molecule has 0 spiro atoms. The van der Waals surface area contributed by atoms with Crippen molar-refractivity contribution in [1.29, 1.82) is 5.26 Å². The molecule has 1 atom stereocenters. The lowest BCUT2D eigenvalue weighted by molar-refractivity contribution is 0.295. The van der Waals surface area contributed by atoms with Gasteiger partial charge in [0.15, 0.2) is 0 Å². The van der Waals surface area contributed by atoms with Crippen molar-refractivity contribution in [3.8, 4) is 6.07 Å². The van der Waals surface area contributed by atoms with Gasteiger partial charge in [-0.05, 0) is 63.7 Å². The summed E-state index contributed by atoms with van der Waals surface area (Å²) < 4.78 is 0. The Bertz CT molecular complexity index is 671. The first-order chi connectivity index (χ1) is 11.2. The van der Waals surface area contributed by atoms with Gasteiger partial charge in [0.25, 0.3) is 0 Å². The topological polar surface area (TPSA) is 52.0 Å². The lowest BCUT2D eigenvalue weighted by Gasteiger charge is -2.20. The van der Waals surface area contributed by atoms with Crippen LogP contribution in [-0.4, -0.2) is 35.6 Å². The number of fused-ring (bicyclic) bond motifs is 1. The van der Waals surface area contributed by atoms with Gasteiger partial charge in [-0.3, -0.25) is 4.98 Å². The number of rotatable bonds is 8. The first-order valence-electron chi connectivity index (χ1n) is 8.45. The maximum Gasteiger partial charge on any atom is 0.0992 e. The van der Waals surface area contributed by atoms with E-state index in [0.29, 0.717) is 11.6 Å². The molecule has 1 N–H and O–H groups in total. The average Bonchev–Trinajstić information content (AvgIpc) is 2.58. The normalized spacial score (nSPS) is 12.3. The van der Waals surface area contributed by atoms with Crippen LogP contribution in [0.3, 0.4) is 0 Å². The van der Waals surface area contributed by atoms with Crippen molar-refractivity contribution in [3.05, 3.63) is 36.0 Å². The van der Waals surface area contributed by atoms with Gasteiger partial charge >= 0.3 is 0 Å². The highest BCUT2D eigenvalue weighted by atomic mass is 15.1. The molecule has 4 heteroatoms. The number of pyridine rings is 1. The van der Waals surface area contributed by atoms with Crippen LogP contribution >= 0.6 is 0 Å². The van der Waals surface area contributed by atoms with E-state index in [9.17, 15) is 0 Å². The van der Waals surface area contributed by atoms with Crippen LogP contribution in [0.5, 0.6) is 0 Å². The Morgan fingerprint density at radius 2 is 2.04 bits per heavy atom. The van der Waals surface area contributed by atoms with Crippen LogP contribution in [0, 0.1) is 11.3 Å². The zero-order valence-electron chi connectivity index (χ0n) is 14.3. The van der Waals surface area contributed by atoms with Crippen LogP contribution in [-0.2, 0) is 0 Å². The molecule has 1 aromatic heterocycles. The number of hydrogen-bond donors (Lipinski definition) is 1. The minimum atomic E-state index is 0.409. The van der Waals surface area contributed by atoms with Crippen molar-refractivity contribution in [3.63, 3.8) is 0 Å². The molecule has 1 heterocycles. The smallest absolute Gasteiger partial charge is 0.0992 e. The minimum absolute atomic E-state index is 0.409. The largest absolute Gasteiger partial charge is 0.382 e. The molecule has 4 nitrogen and oxygen atoms in total. The Hall–Kier alpha value is -2.12. The Balaban J connectivity index is 2.00. The molecule has 0 saturated carbocycles. The van der Waals surface area contributed by atoms with Crippen molar-refractivity contribution in [1.82, 2.24) is 9.88 Å². The van der Waals surface area contributed by atoms with E-state index < -0.39 is 0 Å². The molecule has 0 aliphatic rings. The molecule has 2 aromatic rings. The van der Waals surface area contributed by atoms with Gasteiger partial charge < -0.3 is 10.2 Å². The van der Waals surface area contributed by atoms with E-state index in [4.69, 9.17) is 5.26 Å². The molecule has 122 valence electrons. The van der Waals surface area contributed by atoms with E-state index in [0.717, 1.165) is 42.6 Å². The number of benzene rings is 1. The second-order valence-corrected chi connectivity index (χ2v) is 5.92. The molecule has 0 aliphatic carbocycles. The summed E-state index contributed by atoms with van der Waals surface area (Å²) in [7, 11) is 0. The molecule has 2 rings (SSSR count). The van der Waals surface area contributed by atoms with Gasteiger partial charge in [-0.15, -0.1) is 0 Å². The number of nitriles is 1. The van der Waals surface area contributed by atoms with Crippen molar-refractivity contribution in [2.24, 2.45) is 0 Å². The number of nitrogens with zero attached hydrogens (tertiary/aromatic N) is 3. The van der Waals surface area contributed by atoms with E-state index in [-0.39, 0.29) is 0 Å². The summed E-state index contributed by atoms with van der Waals surface area (Å²) in [6.45, 7) is 10.0. The molecule has 0 radical (unpaired) electrons. The van der Waals surface area contributed by atoms with Gasteiger partial charge in [0.1, 0.15) is 0 Å². The SMILES string of the molecule is CCN(CC)CCCC(C)Nc1ccnc2cc(C#N)ccc12. The molecular formula is C19H26N4. The van der Waals surface area contributed by atoms with Gasteiger partial charge in [-0.25, -0.2) is 0 Å². The Labute approximate surface area is 139 Å². The minimum Gasteiger partial charge on any atom is -0.382 e. The second-order valence-electron chi connectivity index (χ2n) is 5.92. The lowest BCUT2D eigenvalue weighted by atomic mass is 10.1. The van der Waals surface area contributed by atoms with Crippen LogP contribution in [0.25, 0.3) is 10.9 Å². The Morgan fingerprint density at radius 3 is 2.74 bits per heavy atom. The van der Waals surface area contributed by atoms with E-state index in [1.54, 1.807) is 6.20 Å². The quantitative estimate of drug-likeness (QED) is 0.800. The molecule has 1 unspecified atom stereocenters. The number of hydrogen-bond acceptors (Lipinski definition) is 4. The summed E-state index contributed by atoms with van der Waals surface area (Å²) in [6.07, 6.45) is 4.13. The van der Waals surface area contributed by atoms with Crippen molar-refractivity contribution >= 4 is 16.6 Å². The molecule has 23 heavy (non-hydrogen) atoms. The number of aromatic nitrogens is 1. The second kappa shape index (κ2) is 8.50. The van der Waals surface area contributed by atoms with E-state index in [1.165, 1.54) is 6.42 Å². The predicted octanol–water partition coefficient (Wildman–Crippen LogP) is 4.03. The first-order valence-corrected chi connectivity index (χ1v) is 8.45. The van der Waals surface area contributed by atoms with Crippen molar-refractivity contribution in [2.45, 2.75) is 39.7 Å². The van der Waals surface area contributed by atoms with Gasteiger partial charge in [0, 0.05) is 23.3 Å². The van der Waals surface area contributed by atoms with E-state index in [1.807, 2.05) is 24.3 Å². The maximum atomic E-state index is 9.00. The summed E-state index contributed by atoms with van der Waals surface area (Å²) in [6, 6.07) is 10.2. The third kappa shape index (κ3) is 4.67. The standard InChI is InChI=1S/C19H26N4/c1-4-23(5-2)12-6-7-15(3)22-18-10-11-21-19-13-16(14-20)8-9-17(18)19/h8-11,13,15H,4-7,12H2,1-3H3,(H,21,22). The zero-order chi connectivity index (χ0) is 16.7. The van der Waals surface area contributed by atoms with Gasteiger partial charge in [0.05, 0.1) is 17.1 Å². The predicted molar refractivity (Wildman–Crippen MR) is 96.6 cm³/mol. The van der Waals surface area contributed by atoms with Crippen LogP contribution in [0.4, 0.5) is 5.69 Å². The maximum absolute atomic E-state index is 9.00. The summed E-state index contributed by atoms with van der Waals surface area (Å²) in [4.78, 5) is 6.82. The first kappa shape index (κ1) is 17.2. The highest BCUT2D eigenvalue weighted by Crippen LogP contribution is 2.23. The van der Waals surface area contributed by atoms with Gasteiger partial charge in [0.2, 0.25) is 0 Å². The summed E-state index contributed by atoms with van der Waals surface area (Å²) >= 11 is 0. The lowest BCUT2D eigenvalue weighted by Crippen LogP contribution is -2.25. The third-order valence-electron chi connectivity index (χ3n) is 4.28. The fourth-order valence-corrected chi connectivity index (χ4v) is 2.84. The molecule has 0 bridgehead atoms.